The molecule has 0 fully saturated rings. The molecule has 0 spiro atoms. The number of carbonyl (C=O) groups is 2. The number of benzene rings is 2. The van der Waals surface area contributed by atoms with Gasteiger partial charge in [0.25, 0.3) is 5.91 Å². The van der Waals surface area contributed by atoms with Gasteiger partial charge in [-0.05, 0) is 29.1 Å². The number of carbonyl (C=O) groups excluding carboxylic acids is 2. The lowest BCUT2D eigenvalue weighted by Gasteiger charge is -2.28. The van der Waals surface area contributed by atoms with Crippen molar-refractivity contribution < 1.29 is 23.8 Å². The van der Waals surface area contributed by atoms with Crippen LogP contribution in [0.1, 0.15) is 20.8 Å². The second kappa shape index (κ2) is 12.8. The SMILES string of the molecule is COCCN(CC(=O)N(Cc1ccccc1)Cc1cccs1)C(=O)c1ccc(OC)cc1OC. The van der Waals surface area contributed by atoms with E-state index in [0.29, 0.717) is 36.8 Å². The molecular weight excluding hydrogens is 452 g/mol. The van der Waals surface area contributed by atoms with Crippen molar-refractivity contribution in [2.75, 3.05) is 41.0 Å². The predicted molar refractivity (Wildman–Crippen MR) is 132 cm³/mol. The van der Waals surface area contributed by atoms with Gasteiger partial charge < -0.3 is 24.0 Å². The van der Waals surface area contributed by atoms with Crippen molar-refractivity contribution in [2.24, 2.45) is 0 Å². The van der Waals surface area contributed by atoms with E-state index in [1.165, 1.54) is 12.0 Å². The van der Waals surface area contributed by atoms with Gasteiger partial charge in [0.05, 0.1) is 32.9 Å². The zero-order valence-electron chi connectivity index (χ0n) is 19.7. The number of hydrogen-bond donors (Lipinski definition) is 0. The Morgan fingerprint density at radius 1 is 0.882 bits per heavy atom. The minimum Gasteiger partial charge on any atom is -0.497 e. The van der Waals surface area contributed by atoms with Crippen LogP contribution < -0.4 is 9.47 Å². The first-order chi connectivity index (χ1) is 16.5. The fourth-order valence-corrected chi connectivity index (χ4v) is 4.21. The Morgan fingerprint density at radius 2 is 1.68 bits per heavy atom. The van der Waals surface area contributed by atoms with E-state index in [-0.39, 0.29) is 24.9 Å². The number of thiophene rings is 1. The van der Waals surface area contributed by atoms with Gasteiger partial charge >= 0.3 is 0 Å². The Hall–Kier alpha value is -3.36. The lowest BCUT2D eigenvalue weighted by molar-refractivity contribution is -0.133. The Morgan fingerprint density at radius 3 is 2.32 bits per heavy atom. The van der Waals surface area contributed by atoms with Crippen molar-refractivity contribution in [2.45, 2.75) is 13.1 Å². The van der Waals surface area contributed by atoms with E-state index in [1.807, 2.05) is 47.8 Å². The van der Waals surface area contributed by atoms with Crippen molar-refractivity contribution >= 4 is 23.2 Å². The molecule has 34 heavy (non-hydrogen) atoms. The van der Waals surface area contributed by atoms with Crippen LogP contribution in [0.5, 0.6) is 11.5 Å². The number of hydrogen-bond acceptors (Lipinski definition) is 6. The van der Waals surface area contributed by atoms with Crippen molar-refractivity contribution in [3.8, 4) is 11.5 Å². The number of amides is 2. The van der Waals surface area contributed by atoms with Crippen molar-refractivity contribution in [3.05, 3.63) is 82.0 Å². The van der Waals surface area contributed by atoms with Crippen molar-refractivity contribution in [3.63, 3.8) is 0 Å². The standard InChI is InChI=1S/C26H30N2O5S/c1-31-14-13-27(26(30)23-12-11-21(32-2)16-24(23)33-3)19-25(29)28(18-22-10-7-15-34-22)17-20-8-5-4-6-9-20/h4-12,15-16H,13-14,17-19H2,1-3H3. The highest BCUT2D eigenvalue weighted by Crippen LogP contribution is 2.26. The molecule has 3 aromatic rings. The average Bonchev–Trinajstić information content (AvgIpc) is 3.39. The van der Waals surface area contributed by atoms with Crippen LogP contribution in [0.25, 0.3) is 0 Å². The van der Waals surface area contributed by atoms with E-state index in [4.69, 9.17) is 14.2 Å². The van der Waals surface area contributed by atoms with Crippen LogP contribution in [0.3, 0.4) is 0 Å². The zero-order valence-corrected chi connectivity index (χ0v) is 20.5. The lowest BCUT2D eigenvalue weighted by atomic mass is 10.1. The quantitative estimate of drug-likeness (QED) is 0.389. The highest BCUT2D eigenvalue weighted by molar-refractivity contribution is 7.09. The smallest absolute Gasteiger partial charge is 0.258 e. The summed E-state index contributed by atoms with van der Waals surface area (Å²) in [7, 11) is 4.62. The normalized spacial score (nSPS) is 10.6. The summed E-state index contributed by atoms with van der Waals surface area (Å²) in [4.78, 5) is 31.3. The fraction of sp³-hybridized carbons (Fsp3) is 0.308. The molecular formula is C26H30N2O5S. The van der Waals surface area contributed by atoms with E-state index < -0.39 is 0 Å². The van der Waals surface area contributed by atoms with Gasteiger partial charge in [-0.15, -0.1) is 11.3 Å². The van der Waals surface area contributed by atoms with Crippen molar-refractivity contribution in [1.29, 1.82) is 0 Å². The third kappa shape index (κ3) is 6.82. The monoisotopic (exact) mass is 482 g/mol. The molecule has 7 nitrogen and oxygen atoms in total. The van der Waals surface area contributed by atoms with Gasteiger partial charge in [-0.25, -0.2) is 0 Å². The lowest BCUT2D eigenvalue weighted by Crippen LogP contribution is -2.43. The summed E-state index contributed by atoms with van der Waals surface area (Å²) < 4.78 is 15.9. The Labute approximate surface area is 204 Å². The molecule has 8 heteroatoms. The van der Waals surface area contributed by atoms with E-state index in [9.17, 15) is 9.59 Å². The molecule has 0 saturated carbocycles. The molecule has 0 aliphatic rings. The largest absolute Gasteiger partial charge is 0.497 e. The first kappa shape index (κ1) is 25.3. The van der Waals surface area contributed by atoms with Gasteiger partial charge in [0, 0.05) is 31.1 Å². The zero-order chi connectivity index (χ0) is 24.3. The van der Waals surface area contributed by atoms with Gasteiger partial charge in [-0.1, -0.05) is 36.4 Å². The summed E-state index contributed by atoms with van der Waals surface area (Å²) >= 11 is 1.60. The van der Waals surface area contributed by atoms with E-state index >= 15 is 0 Å². The van der Waals surface area contributed by atoms with E-state index in [1.54, 1.807) is 48.7 Å². The Kier molecular flexibility index (Phi) is 9.49. The van der Waals surface area contributed by atoms with Gasteiger partial charge in [0.2, 0.25) is 5.91 Å². The highest BCUT2D eigenvalue weighted by atomic mass is 32.1. The van der Waals surface area contributed by atoms with Gasteiger partial charge in [0.15, 0.2) is 0 Å². The van der Waals surface area contributed by atoms with Gasteiger partial charge in [0.1, 0.15) is 18.0 Å². The van der Waals surface area contributed by atoms with Crippen LogP contribution in [-0.4, -0.2) is 62.6 Å². The fourth-order valence-electron chi connectivity index (χ4n) is 3.49. The second-order valence-electron chi connectivity index (χ2n) is 7.60. The van der Waals surface area contributed by atoms with Gasteiger partial charge in [-0.2, -0.15) is 0 Å². The molecule has 1 aromatic heterocycles. The summed E-state index contributed by atoms with van der Waals surface area (Å²) in [6.45, 7) is 1.43. The average molecular weight is 483 g/mol. The summed E-state index contributed by atoms with van der Waals surface area (Å²) in [5.74, 6) is 0.520. The summed E-state index contributed by atoms with van der Waals surface area (Å²) in [5, 5.41) is 1.99. The first-order valence-electron chi connectivity index (χ1n) is 10.9. The number of methoxy groups -OCH3 is 3. The van der Waals surface area contributed by atoms with Crippen LogP contribution in [0.4, 0.5) is 0 Å². The maximum absolute atomic E-state index is 13.5. The molecule has 1 heterocycles. The maximum Gasteiger partial charge on any atom is 0.258 e. The molecule has 2 aromatic carbocycles. The second-order valence-corrected chi connectivity index (χ2v) is 8.63. The molecule has 0 bridgehead atoms. The molecule has 3 rings (SSSR count). The molecule has 0 atom stereocenters. The van der Waals surface area contributed by atoms with Crippen molar-refractivity contribution in [1.82, 2.24) is 9.80 Å². The molecule has 0 aliphatic heterocycles. The predicted octanol–water partition coefficient (Wildman–Crippen LogP) is 4.08. The molecule has 0 N–H and O–H groups in total. The van der Waals surface area contributed by atoms with Gasteiger partial charge in [-0.3, -0.25) is 9.59 Å². The van der Waals surface area contributed by atoms with Crippen LogP contribution in [0.2, 0.25) is 0 Å². The summed E-state index contributed by atoms with van der Waals surface area (Å²) in [6.07, 6.45) is 0. The number of ether oxygens (including phenoxy) is 3. The number of rotatable bonds is 12. The molecule has 2 amide bonds. The molecule has 0 saturated heterocycles. The first-order valence-corrected chi connectivity index (χ1v) is 11.8. The number of nitrogens with zero attached hydrogens (tertiary/aromatic N) is 2. The summed E-state index contributed by atoms with van der Waals surface area (Å²) in [5.41, 5.74) is 1.39. The van der Waals surface area contributed by atoms with Crippen LogP contribution in [0.15, 0.2) is 66.0 Å². The van der Waals surface area contributed by atoms with Crippen LogP contribution in [-0.2, 0) is 22.6 Å². The van der Waals surface area contributed by atoms with Crippen LogP contribution in [0, 0.1) is 0 Å². The van der Waals surface area contributed by atoms with E-state index in [2.05, 4.69) is 0 Å². The van der Waals surface area contributed by atoms with Crippen LogP contribution >= 0.6 is 11.3 Å². The molecule has 0 aliphatic carbocycles. The van der Waals surface area contributed by atoms with E-state index in [0.717, 1.165) is 10.4 Å². The minimum atomic E-state index is -0.305. The highest BCUT2D eigenvalue weighted by Gasteiger charge is 2.25. The Balaban J connectivity index is 1.83. The third-order valence-corrected chi connectivity index (χ3v) is 6.17. The Bertz CT molecular complexity index is 1060. The molecule has 180 valence electrons. The third-order valence-electron chi connectivity index (χ3n) is 5.31. The molecule has 0 unspecified atom stereocenters. The minimum absolute atomic E-state index is 0.0738. The summed E-state index contributed by atoms with van der Waals surface area (Å²) in [6, 6.07) is 18.8. The topological polar surface area (TPSA) is 68.3 Å². The maximum atomic E-state index is 13.5. The molecule has 0 radical (unpaired) electrons.